The summed E-state index contributed by atoms with van der Waals surface area (Å²) in [6.07, 6.45) is 1.55. The van der Waals surface area contributed by atoms with Crippen LogP contribution in [0, 0.1) is 12.8 Å². The van der Waals surface area contributed by atoms with E-state index in [0.717, 1.165) is 5.56 Å². The number of benzene rings is 1. The van der Waals surface area contributed by atoms with Gasteiger partial charge < -0.3 is 10.1 Å². The fraction of sp³-hybridized carbons (Fsp3) is 0.368. The first-order chi connectivity index (χ1) is 11.0. The van der Waals surface area contributed by atoms with Gasteiger partial charge in [-0.3, -0.25) is 4.79 Å². The Morgan fingerprint density at radius 3 is 2.61 bits per heavy atom. The molecule has 122 valence electrons. The molecule has 4 heteroatoms. The van der Waals surface area contributed by atoms with Crippen molar-refractivity contribution < 1.29 is 9.53 Å². The van der Waals surface area contributed by atoms with Crippen LogP contribution in [0.2, 0.25) is 0 Å². The molecule has 23 heavy (non-hydrogen) atoms. The Kier molecular flexibility index (Phi) is 5.74. The summed E-state index contributed by atoms with van der Waals surface area (Å²) in [6.45, 7) is 8.66. The predicted octanol–water partition coefficient (Wildman–Crippen LogP) is 3.74. The Morgan fingerprint density at radius 2 is 2.00 bits per heavy atom. The molecule has 0 spiro atoms. The van der Waals surface area contributed by atoms with Gasteiger partial charge in [0.05, 0.1) is 5.56 Å². The third kappa shape index (κ3) is 5.09. The molecule has 0 saturated heterocycles. The SMILES string of the molecule is Cc1cccc(COc2ccc(C(=O)NC(C)C(C)C)cn2)c1. The highest BCUT2D eigenvalue weighted by molar-refractivity contribution is 5.94. The van der Waals surface area contributed by atoms with Gasteiger partial charge in [0.25, 0.3) is 5.91 Å². The molecule has 1 atom stereocenters. The molecular weight excluding hydrogens is 288 g/mol. The average molecular weight is 312 g/mol. The molecule has 0 saturated carbocycles. The molecule has 2 rings (SSSR count). The van der Waals surface area contributed by atoms with E-state index in [-0.39, 0.29) is 11.9 Å². The van der Waals surface area contributed by atoms with Gasteiger partial charge in [-0.15, -0.1) is 0 Å². The largest absolute Gasteiger partial charge is 0.473 e. The Balaban J connectivity index is 1.93. The quantitative estimate of drug-likeness (QED) is 0.884. The van der Waals surface area contributed by atoms with Crippen LogP contribution in [-0.4, -0.2) is 16.9 Å². The van der Waals surface area contributed by atoms with Crippen LogP contribution in [0.3, 0.4) is 0 Å². The maximum Gasteiger partial charge on any atom is 0.253 e. The third-order valence-electron chi connectivity index (χ3n) is 3.83. The van der Waals surface area contributed by atoms with Gasteiger partial charge >= 0.3 is 0 Å². The van der Waals surface area contributed by atoms with Crippen molar-refractivity contribution in [2.24, 2.45) is 5.92 Å². The van der Waals surface area contributed by atoms with Crippen LogP contribution in [0.25, 0.3) is 0 Å². The zero-order valence-electron chi connectivity index (χ0n) is 14.2. The molecular formula is C19H24N2O2. The second-order valence-corrected chi connectivity index (χ2v) is 6.17. The summed E-state index contributed by atoms with van der Waals surface area (Å²) in [7, 11) is 0. The van der Waals surface area contributed by atoms with Crippen molar-refractivity contribution >= 4 is 5.91 Å². The van der Waals surface area contributed by atoms with Crippen LogP contribution in [0.5, 0.6) is 5.88 Å². The van der Waals surface area contributed by atoms with Gasteiger partial charge in [-0.25, -0.2) is 4.98 Å². The minimum absolute atomic E-state index is 0.107. The summed E-state index contributed by atoms with van der Waals surface area (Å²) in [4.78, 5) is 16.3. The number of nitrogens with zero attached hydrogens (tertiary/aromatic N) is 1. The fourth-order valence-electron chi connectivity index (χ4n) is 2.02. The van der Waals surface area contributed by atoms with Gasteiger partial charge in [0.2, 0.25) is 5.88 Å². The summed E-state index contributed by atoms with van der Waals surface area (Å²) in [6, 6.07) is 11.7. The van der Waals surface area contributed by atoms with E-state index >= 15 is 0 Å². The first kappa shape index (κ1) is 17.0. The van der Waals surface area contributed by atoms with E-state index in [4.69, 9.17) is 4.74 Å². The molecule has 0 radical (unpaired) electrons. The van der Waals surface area contributed by atoms with Crippen LogP contribution in [-0.2, 0) is 6.61 Å². The van der Waals surface area contributed by atoms with Crippen molar-refractivity contribution in [2.75, 3.05) is 0 Å². The van der Waals surface area contributed by atoms with E-state index in [1.165, 1.54) is 5.56 Å². The number of hydrogen-bond donors (Lipinski definition) is 1. The fourth-order valence-corrected chi connectivity index (χ4v) is 2.02. The summed E-state index contributed by atoms with van der Waals surface area (Å²) in [5.74, 6) is 0.799. The van der Waals surface area contributed by atoms with Gasteiger partial charge in [-0.05, 0) is 31.4 Å². The van der Waals surface area contributed by atoms with Gasteiger partial charge in [0.1, 0.15) is 6.61 Å². The molecule has 4 nitrogen and oxygen atoms in total. The smallest absolute Gasteiger partial charge is 0.253 e. The van der Waals surface area contributed by atoms with Crippen molar-refractivity contribution in [3.8, 4) is 5.88 Å². The number of carbonyl (C=O) groups excluding carboxylic acids is 1. The molecule has 1 N–H and O–H groups in total. The zero-order valence-corrected chi connectivity index (χ0v) is 14.2. The Bertz CT molecular complexity index is 651. The normalized spacial score (nSPS) is 12.0. The van der Waals surface area contributed by atoms with E-state index in [1.807, 2.05) is 32.0 Å². The topological polar surface area (TPSA) is 51.2 Å². The van der Waals surface area contributed by atoms with E-state index in [2.05, 4.69) is 30.2 Å². The first-order valence-corrected chi connectivity index (χ1v) is 7.91. The van der Waals surface area contributed by atoms with Gasteiger partial charge in [0, 0.05) is 18.3 Å². The van der Waals surface area contributed by atoms with E-state index in [0.29, 0.717) is 24.0 Å². The molecule has 0 bridgehead atoms. The number of rotatable bonds is 6. The van der Waals surface area contributed by atoms with Crippen molar-refractivity contribution in [2.45, 2.75) is 40.3 Å². The van der Waals surface area contributed by atoms with Crippen molar-refractivity contribution in [3.63, 3.8) is 0 Å². The second-order valence-electron chi connectivity index (χ2n) is 6.17. The number of pyridine rings is 1. The Hall–Kier alpha value is -2.36. The van der Waals surface area contributed by atoms with Crippen LogP contribution in [0.15, 0.2) is 42.6 Å². The average Bonchev–Trinajstić information content (AvgIpc) is 2.53. The summed E-state index contributed by atoms with van der Waals surface area (Å²) < 4.78 is 5.66. The lowest BCUT2D eigenvalue weighted by atomic mass is 10.1. The van der Waals surface area contributed by atoms with Crippen molar-refractivity contribution in [1.82, 2.24) is 10.3 Å². The van der Waals surface area contributed by atoms with Crippen molar-refractivity contribution in [3.05, 3.63) is 59.3 Å². The first-order valence-electron chi connectivity index (χ1n) is 7.91. The molecule has 1 unspecified atom stereocenters. The van der Waals surface area contributed by atoms with E-state index < -0.39 is 0 Å². The molecule has 1 aromatic heterocycles. The number of amides is 1. The minimum atomic E-state index is -0.107. The van der Waals surface area contributed by atoms with Crippen molar-refractivity contribution in [1.29, 1.82) is 0 Å². The molecule has 0 aliphatic carbocycles. The number of aromatic nitrogens is 1. The summed E-state index contributed by atoms with van der Waals surface area (Å²) in [5.41, 5.74) is 2.84. The number of hydrogen-bond acceptors (Lipinski definition) is 3. The lowest BCUT2D eigenvalue weighted by molar-refractivity contribution is 0.0930. The molecule has 0 aliphatic rings. The molecule has 1 heterocycles. The van der Waals surface area contributed by atoms with Crippen LogP contribution < -0.4 is 10.1 Å². The lowest BCUT2D eigenvalue weighted by Crippen LogP contribution is -2.36. The molecule has 0 aliphatic heterocycles. The minimum Gasteiger partial charge on any atom is -0.473 e. The number of nitrogens with one attached hydrogen (secondary N) is 1. The Morgan fingerprint density at radius 1 is 1.22 bits per heavy atom. The summed E-state index contributed by atoms with van der Waals surface area (Å²) in [5, 5.41) is 2.96. The highest BCUT2D eigenvalue weighted by Gasteiger charge is 2.12. The van der Waals surface area contributed by atoms with Crippen LogP contribution in [0.1, 0.15) is 42.3 Å². The van der Waals surface area contributed by atoms with Gasteiger partial charge in [0.15, 0.2) is 0 Å². The van der Waals surface area contributed by atoms with Gasteiger partial charge in [-0.1, -0.05) is 43.7 Å². The molecule has 1 aromatic carbocycles. The monoisotopic (exact) mass is 312 g/mol. The molecule has 0 fully saturated rings. The number of ether oxygens (including phenoxy) is 1. The molecule has 1 amide bonds. The predicted molar refractivity (Wildman–Crippen MR) is 91.5 cm³/mol. The van der Waals surface area contributed by atoms with Crippen LogP contribution >= 0.6 is 0 Å². The summed E-state index contributed by atoms with van der Waals surface area (Å²) >= 11 is 0. The van der Waals surface area contributed by atoms with Gasteiger partial charge in [-0.2, -0.15) is 0 Å². The van der Waals surface area contributed by atoms with E-state index in [1.54, 1.807) is 18.3 Å². The Labute approximate surface area is 137 Å². The molecule has 2 aromatic rings. The highest BCUT2D eigenvalue weighted by Crippen LogP contribution is 2.12. The number of carbonyl (C=O) groups is 1. The van der Waals surface area contributed by atoms with E-state index in [9.17, 15) is 4.79 Å². The number of aryl methyl sites for hydroxylation is 1. The van der Waals surface area contributed by atoms with Crippen LogP contribution in [0.4, 0.5) is 0 Å². The standard InChI is InChI=1S/C19H24N2O2/c1-13(2)15(4)21-19(22)17-8-9-18(20-11-17)23-12-16-7-5-6-14(3)10-16/h5-11,13,15H,12H2,1-4H3,(H,21,22). The highest BCUT2D eigenvalue weighted by atomic mass is 16.5. The maximum atomic E-state index is 12.1. The third-order valence-corrected chi connectivity index (χ3v) is 3.83. The maximum absolute atomic E-state index is 12.1. The zero-order chi connectivity index (χ0) is 16.8. The lowest BCUT2D eigenvalue weighted by Gasteiger charge is -2.17. The second kappa shape index (κ2) is 7.77.